The molecule has 0 saturated carbocycles. The highest BCUT2D eigenvalue weighted by Crippen LogP contribution is 2.32. The highest BCUT2D eigenvalue weighted by atomic mass is 32.2. The first-order valence-electron chi connectivity index (χ1n) is 6.71. The fourth-order valence-electron chi connectivity index (χ4n) is 2.87. The van der Waals surface area contributed by atoms with Gasteiger partial charge < -0.3 is 0 Å². The van der Waals surface area contributed by atoms with Crippen molar-refractivity contribution in [3.05, 3.63) is 11.6 Å². The zero-order valence-electron chi connectivity index (χ0n) is 10.7. The van der Waals surface area contributed by atoms with Crippen LogP contribution in [0, 0.1) is 5.92 Å². The van der Waals surface area contributed by atoms with Crippen LogP contribution in [0.3, 0.4) is 0 Å². The van der Waals surface area contributed by atoms with Crippen LogP contribution in [0.15, 0.2) is 0 Å². The van der Waals surface area contributed by atoms with Crippen molar-refractivity contribution < 1.29 is 8.42 Å². The number of sulfone groups is 1. The Morgan fingerprint density at radius 2 is 2.11 bits per heavy atom. The van der Waals surface area contributed by atoms with E-state index in [1.54, 1.807) is 0 Å². The molecule has 2 atom stereocenters. The smallest absolute Gasteiger partial charge is 0.169 e. The topological polar surface area (TPSA) is 64.8 Å². The van der Waals surface area contributed by atoms with Gasteiger partial charge in [0.15, 0.2) is 15.7 Å². The maximum atomic E-state index is 12.1. The van der Waals surface area contributed by atoms with E-state index in [2.05, 4.69) is 17.0 Å². The van der Waals surface area contributed by atoms with E-state index >= 15 is 0 Å². The number of rotatable bonds is 1. The van der Waals surface area contributed by atoms with E-state index in [0.717, 1.165) is 38.1 Å². The fourth-order valence-corrected chi connectivity index (χ4v) is 4.71. The van der Waals surface area contributed by atoms with Gasteiger partial charge in [-0.1, -0.05) is 13.3 Å². The van der Waals surface area contributed by atoms with Gasteiger partial charge in [0.2, 0.25) is 0 Å². The molecule has 100 valence electrons. The largest absolute Gasteiger partial charge is 0.250 e. The van der Waals surface area contributed by atoms with Crippen LogP contribution >= 0.6 is 0 Å². The van der Waals surface area contributed by atoms with E-state index in [0.29, 0.717) is 18.2 Å². The summed E-state index contributed by atoms with van der Waals surface area (Å²) in [5, 5.41) is 3.99. The van der Waals surface area contributed by atoms with Crippen LogP contribution in [0.25, 0.3) is 0 Å². The van der Waals surface area contributed by atoms with Crippen molar-refractivity contribution in [1.29, 1.82) is 0 Å². The summed E-state index contributed by atoms with van der Waals surface area (Å²) in [6, 6.07) is 0. The number of aryl methyl sites for hydroxylation is 1. The maximum absolute atomic E-state index is 12.1. The van der Waals surface area contributed by atoms with Crippen molar-refractivity contribution in [3.63, 3.8) is 0 Å². The van der Waals surface area contributed by atoms with Crippen LogP contribution in [0.1, 0.15) is 49.5 Å². The highest BCUT2D eigenvalue weighted by Gasteiger charge is 2.34. The normalized spacial score (nSPS) is 30.9. The number of hydrogen-bond acceptors (Lipinski definition) is 4. The van der Waals surface area contributed by atoms with Gasteiger partial charge in [0.05, 0.1) is 5.75 Å². The minimum atomic E-state index is -3.03. The molecule has 1 aromatic rings. The van der Waals surface area contributed by atoms with Crippen molar-refractivity contribution in [2.75, 3.05) is 5.75 Å². The average Bonchev–Trinajstić information content (AvgIpc) is 2.70. The zero-order valence-corrected chi connectivity index (χ0v) is 11.5. The maximum Gasteiger partial charge on any atom is 0.169 e. The molecule has 3 rings (SSSR count). The minimum Gasteiger partial charge on any atom is -0.250 e. The number of hydrogen-bond donors (Lipinski definition) is 0. The molecule has 1 fully saturated rings. The first-order chi connectivity index (χ1) is 8.56. The summed E-state index contributed by atoms with van der Waals surface area (Å²) in [5.41, 5.74) is 0. The van der Waals surface area contributed by atoms with E-state index < -0.39 is 15.1 Å². The lowest BCUT2D eigenvalue weighted by Crippen LogP contribution is -2.23. The van der Waals surface area contributed by atoms with Crippen LogP contribution in [0.2, 0.25) is 0 Å². The second-order valence-corrected chi connectivity index (χ2v) is 7.87. The molecule has 0 N–H and O–H groups in total. The Labute approximate surface area is 108 Å². The molecule has 6 heteroatoms. The van der Waals surface area contributed by atoms with Gasteiger partial charge in [0.25, 0.3) is 0 Å². The number of aromatic nitrogens is 3. The summed E-state index contributed by atoms with van der Waals surface area (Å²) >= 11 is 0. The summed E-state index contributed by atoms with van der Waals surface area (Å²) < 4.78 is 26.1. The molecule has 2 aliphatic rings. The van der Waals surface area contributed by atoms with Crippen molar-refractivity contribution in [3.8, 4) is 0 Å². The van der Waals surface area contributed by atoms with Crippen molar-refractivity contribution in [2.24, 2.45) is 5.92 Å². The third-order valence-corrected chi connectivity index (χ3v) is 6.15. The number of fused-ring (bicyclic) bond motifs is 1. The van der Waals surface area contributed by atoms with Crippen LogP contribution in [-0.2, 0) is 22.8 Å². The van der Waals surface area contributed by atoms with Gasteiger partial charge in [-0.3, -0.25) is 0 Å². The first-order valence-corrected chi connectivity index (χ1v) is 8.43. The monoisotopic (exact) mass is 269 g/mol. The average molecular weight is 269 g/mol. The molecule has 1 aromatic heterocycles. The second kappa shape index (κ2) is 4.33. The molecule has 0 amide bonds. The summed E-state index contributed by atoms with van der Waals surface area (Å²) in [7, 11) is -3.03. The molecule has 2 unspecified atom stereocenters. The van der Waals surface area contributed by atoms with Crippen LogP contribution < -0.4 is 0 Å². The predicted molar refractivity (Wildman–Crippen MR) is 67.9 cm³/mol. The van der Waals surface area contributed by atoms with Gasteiger partial charge in [-0.25, -0.2) is 18.1 Å². The summed E-state index contributed by atoms with van der Waals surface area (Å²) in [6.07, 6.45) is 4.46. The van der Waals surface area contributed by atoms with Gasteiger partial charge in [0.1, 0.15) is 11.1 Å². The molecule has 0 spiro atoms. The van der Waals surface area contributed by atoms with Crippen LogP contribution in [-0.4, -0.2) is 28.9 Å². The first kappa shape index (κ1) is 12.1. The van der Waals surface area contributed by atoms with Gasteiger partial charge >= 0.3 is 0 Å². The van der Waals surface area contributed by atoms with E-state index in [1.807, 2.05) is 4.68 Å². The molecule has 2 aliphatic heterocycles. The van der Waals surface area contributed by atoms with E-state index in [9.17, 15) is 8.42 Å². The third-order valence-electron chi connectivity index (χ3n) is 3.98. The van der Waals surface area contributed by atoms with E-state index in [4.69, 9.17) is 0 Å². The Balaban J connectivity index is 1.93. The number of nitrogens with zero attached hydrogens (tertiary/aromatic N) is 3. The van der Waals surface area contributed by atoms with Gasteiger partial charge in [-0.15, -0.1) is 0 Å². The highest BCUT2D eigenvalue weighted by molar-refractivity contribution is 7.91. The third kappa shape index (κ3) is 2.06. The molecule has 3 heterocycles. The lowest BCUT2D eigenvalue weighted by molar-refractivity contribution is 0.367. The SMILES string of the molecule is CC1CCc2nc(C3CCCCS3(=O)=O)nn2C1. The molecule has 18 heavy (non-hydrogen) atoms. The van der Waals surface area contributed by atoms with Crippen molar-refractivity contribution in [2.45, 2.75) is 50.8 Å². The van der Waals surface area contributed by atoms with E-state index in [-0.39, 0.29) is 5.75 Å². The zero-order chi connectivity index (χ0) is 12.8. The predicted octanol–water partition coefficient (Wildman–Crippen LogP) is 1.50. The molecular formula is C12H19N3O2S. The molecule has 0 aliphatic carbocycles. The van der Waals surface area contributed by atoms with Crippen LogP contribution in [0.4, 0.5) is 0 Å². The Morgan fingerprint density at radius 3 is 2.89 bits per heavy atom. The molecule has 0 radical (unpaired) electrons. The Morgan fingerprint density at radius 1 is 1.28 bits per heavy atom. The lowest BCUT2D eigenvalue weighted by Gasteiger charge is -2.19. The summed E-state index contributed by atoms with van der Waals surface area (Å²) in [6.45, 7) is 3.07. The Hall–Kier alpha value is -0.910. The van der Waals surface area contributed by atoms with Crippen LogP contribution in [0.5, 0.6) is 0 Å². The van der Waals surface area contributed by atoms with Crippen molar-refractivity contribution >= 4 is 9.84 Å². The molecule has 1 saturated heterocycles. The standard InChI is InChI=1S/C12H19N3O2S/c1-9-5-6-11-13-12(14-15(11)8-9)10-4-2-3-7-18(10,16)17/h9-10H,2-8H2,1H3. The quantitative estimate of drug-likeness (QED) is 0.775. The molecule has 5 nitrogen and oxygen atoms in total. The second-order valence-electron chi connectivity index (χ2n) is 5.56. The molecule has 0 aromatic carbocycles. The Bertz CT molecular complexity index is 550. The van der Waals surface area contributed by atoms with Gasteiger partial charge in [-0.05, 0) is 25.2 Å². The van der Waals surface area contributed by atoms with Gasteiger partial charge in [0, 0.05) is 13.0 Å². The van der Waals surface area contributed by atoms with Gasteiger partial charge in [-0.2, -0.15) is 5.10 Å². The minimum absolute atomic E-state index is 0.290. The fraction of sp³-hybridized carbons (Fsp3) is 0.833. The van der Waals surface area contributed by atoms with Crippen molar-refractivity contribution in [1.82, 2.24) is 14.8 Å². The molecular weight excluding hydrogens is 250 g/mol. The lowest BCUT2D eigenvalue weighted by atomic mass is 10.0. The molecule has 0 bridgehead atoms. The van der Waals surface area contributed by atoms with E-state index in [1.165, 1.54) is 0 Å². The summed E-state index contributed by atoms with van der Waals surface area (Å²) in [5.74, 6) is 2.40. The Kier molecular flexibility index (Phi) is 2.92. The summed E-state index contributed by atoms with van der Waals surface area (Å²) in [4.78, 5) is 4.48.